The minimum absolute atomic E-state index is 0.223. The van der Waals surface area contributed by atoms with Crippen LogP contribution in [0.2, 0.25) is 0 Å². The van der Waals surface area contributed by atoms with Gasteiger partial charge >= 0.3 is 12.0 Å². The van der Waals surface area contributed by atoms with Gasteiger partial charge < -0.3 is 20.8 Å². The molecule has 0 radical (unpaired) electrons. The quantitative estimate of drug-likeness (QED) is 0.653. The van der Waals surface area contributed by atoms with E-state index < -0.39 is 29.8 Å². The van der Waals surface area contributed by atoms with Gasteiger partial charge in [-0.3, -0.25) is 4.79 Å². The largest absolute Gasteiger partial charge is 0.481 e. The van der Waals surface area contributed by atoms with E-state index in [1.165, 1.54) is 19.1 Å². The molecule has 0 saturated heterocycles. The monoisotopic (exact) mass is 348 g/mol. The minimum Gasteiger partial charge on any atom is -0.481 e. The second-order valence-electron chi connectivity index (χ2n) is 4.50. The first kappa shape index (κ1) is 16.4. The number of hydrogen-bond acceptors (Lipinski definition) is 3. The van der Waals surface area contributed by atoms with Crippen molar-refractivity contribution in [3.63, 3.8) is 0 Å². The summed E-state index contributed by atoms with van der Waals surface area (Å²) < 4.78 is 13.5. The summed E-state index contributed by atoms with van der Waals surface area (Å²) in [6.07, 6.45) is -0.503. The Labute approximate surface area is 123 Å². The molecular formula is C12H14BrFN2O4. The molecule has 1 aromatic carbocycles. The summed E-state index contributed by atoms with van der Waals surface area (Å²) >= 11 is 3.15. The zero-order chi connectivity index (χ0) is 15.3. The van der Waals surface area contributed by atoms with Gasteiger partial charge in [0.25, 0.3) is 0 Å². The zero-order valence-corrected chi connectivity index (χ0v) is 12.2. The number of anilines is 1. The molecule has 1 atom stereocenters. The van der Waals surface area contributed by atoms with Crippen molar-refractivity contribution in [1.29, 1.82) is 0 Å². The Hall–Kier alpha value is -1.67. The van der Waals surface area contributed by atoms with E-state index in [0.717, 1.165) is 6.07 Å². The Balaban J connectivity index is 2.56. The Morgan fingerprint density at radius 3 is 2.70 bits per heavy atom. The Morgan fingerprint density at radius 1 is 1.45 bits per heavy atom. The highest BCUT2D eigenvalue weighted by atomic mass is 79.9. The molecule has 0 fully saturated rings. The maximum atomic E-state index is 13.0. The van der Waals surface area contributed by atoms with Crippen LogP contribution in [0.3, 0.4) is 0 Å². The number of aliphatic hydroxyl groups is 1. The van der Waals surface area contributed by atoms with Crippen LogP contribution < -0.4 is 10.6 Å². The first-order chi connectivity index (χ1) is 9.19. The summed E-state index contributed by atoms with van der Waals surface area (Å²) in [6.45, 7) is 1.04. The zero-order valence-electron chi connectivity index (χ0n) is 10.6. The van der Waals surface area contributed by atoms with Gasteiger partial charge in [0.2, 0.25) is 0 Å². The molecule has 0 aliphatic rings. The Morgan fingerprint density at radius 2 is 2.10 bits per heavy atom. The topological polar surface area (TPSA) is 98.7 Å². The molecule has 0 saturated carbocycles. The van der Waals surface area contributed by atoms with Crippen molar-refractivity contribution >= 4 is 33.6 Å². The third-order valence-corrected chi connectivity index (χ3v) is 3.03. The van der Waals surface area contributed by atoms with Crippen molar-refractivity contribution in [2.45, 2.75) is 18.9 Å². The highest BCUT2D eigenvalue weighted by Crippen LogP contribution is 2.22. The lowest BCUT2D eigenvalue weighted by atomic mass is 10.0. The van der Waals surface area contributed by atoms with Crippen LogP contribution >= 0.6 is 15.9 Å². The first-order valence-electron chi connectivity index (χ1n) is 5.64. The van der Waals surface area contributed by atoms with E-state index in [9.17, 15) is 19.1 Å². The van der Waals surface area contributed by atoms with E-state index >= 15 is 0 Å². The lowest BCUT2D eigenvalue weighted by Gasteiger charge is -2.21. The van der Waals surface area contributed by atoms with Crippen LogP contribution in [0.15, 0.2) is 22.7 Å². The van der Waals surface area contributed by atoms with Crippen LogP contribution in [0.4, 0.5) is 14.9 Å². The third kappa shape index (κ3) is 5.54. The van der Waals surface area contributed by atoms with Gasteiger partial charge in [-0.25, -0.2) is 9.18 Å². The molecule has 4 N–H and O–H groups in total. The molecule has 0 aliphatic carbocycles. The number of urea groups is 1. The molecule has 1 unspecified atom stereocenters. The van der Waals surface area contributed by atoms with Crippen LogP contribution in [0.5, 0.6) is 0 Å². The number of hydrogen-bond donors (Lipinski definition) is 4. The van der Waals surface area contributed by atoms with Crippen molar-refractivity contribution in [2.24, 2.45) is 0 Å². The standard InChI is InChI=1S/C12H14BrFN2O4/c1-12(20,5-10(17)18)6-15-11(19)16-9-4-7(14)2-3-8(9)13/h2-4,20H,5-6H2,1H3,(H,17,18)(H2,15,16,19). The van der Waals surface area contributed by atoms with Gasteiger partial charge in [0.15, 0.2) is 0 Å². The Kier molecular flexibility index (Phi) is 5.46. The summed E-state index contributed by atoms with van der Waals surface area (Å²) in [6, 6.07) is 3.11. The van der Waals surface area contributed by atoms with Gasteiger partial charge in [0.1, 0.15) is 5.82 Å². The fourth-order valence-corrected chi connectivity index (χ4v) is 1.76. The molecule has 0 spiro atoms. The van der Waals surface area contributed by atoms with Crippen molar-refractivity contribution in [1.82, 2.24) is 5.32 Å². The fraction of sp³-hybridized carbons (Fsp3) is 0.333. The molecule has 0 aromatic heterocycles. The highest BCUT2D eigenvalue weighted by Gasteiger charge is 2.24. The molecule has 0 heterocycles. The molecule has 20 heavy (non-hydrogen) atoms. The smallest absolute Gasteiger partial charge is 0.319 e. The van der Waals surface area contributed by atoms with Crippen molar-refractivity contribution < 1.29 is 24.2 Å². The van der Waals surface area contributed by atoms with Gasteiger partial charge in [-0.05, 0) is 41.1 Å². The number of carboxylic acids is 1. The number of aliphatic carboxylic acids is 1. The number of carboxylic acid groups (broad SMARTS) is 1. The summed E-state index contributed by atoms with van der Waals surface area (Å²) in [4.78, 5) is 22.1. The predicted molar refractivity (Wildman–Crippen MR) is 74.0 cm³/mol. The first-order valence-corrected chi connectivity index (χ1v) is 6.43. The predicted octanol–water partition coefficient (Wildman–Crippen LogP) is 1.94. The van der Waals surface area contributed by atoms with Crippen molar-refractivity contribution in [3.8, 4) is 0 Å². The van der Waals surface area contributed by atoms with Crippen LogP contribution in [0.25, 0.3) is 0 Å². The molecule has 110 valence electrons. The lowest BCUT2D eigenvalue weighted by Crippen LogP contribution is -2.43. The highest BCUT2D eigenvalue weighted by molar-refractivity contribution is 9.10. The van der Waals surface area contributed by atoms with Gasteiger partial charge in [-0.1, -0.05) is 0 Å². The van der Waals surface area contributed by atoms with Gasteiger partial charge in [0.05, 0.1) is 17.7 Å². The molecule has 2 amide bonds. The second kappa shape index (κ2) is 6.67. The number of carbonyl (C=O) groups excluding carboxylic acids is 1. The summed E-state index contributed by atoms with van der Waals surface area (Å²) in [7, 11) is 0. The van der Waals surface area contributed by atoms with Crippen LogP contribution in [0.1, 0.15) is 13.3 Å². The van der Waals surface area contributed by atoms with Crippen molar-refractivity contribution in [2.75, 3.05) is 11.9 Å². The van der Waals surface area contributed by atoms with Gasteiger partial charge in [0, 0.05) is 11.0 Å². The van der Waals surface area contributed by atoms with E-state index in [4.69, 9.17) is 5.11 Å². The summed E-state index contributed by atoms with van der Waals surface area (Å²) in [5.41, 5.74) is -1.34. The van der Waals surface area contributed by atoms with E-state index in [0.29, 0.717) is 4.47 Å². The average molecular weight is 349 g/mol. The molecule has 6 nitrogen and oxygen atoms in total. The van der Waals surface area contributed by atoms with E-state index in [2.05, 4.69) is 26.6 Å². The SMILES string of the molecule is CC(O)(CNC(=O)Nc1cc(F)ccc1Br)CC(=O)O. The molecule has 1 rings (SSSR count). The minimum atomic E-state index is -1.57. The number of carbonyl (C=O) groups is 2. The van der Waals surface area contributed by atoms with Crippen LogP contribution in [-0.2, 0) is 4.79 Å². The lowest BCUT2D eigenvalue weighted by molar-refractivity contribution is -0.141. The normalized spacial score (nSPS) is 13.4. The molecule has 8 heteroatoms. The second-order valence-corrected chi connectivity index (χ2v) is 5.35. The maximum absolute atomic E-state index is 13.0. The number of benzene rings is 1. The van der Waals surface area contributed by atoms with Gasteiger partial charge in [-0.2, -0.15) is 0 Å². The number of nitrogens with one attached hydrogen (secondary N) is 2. The molecular weight excluding hydrogens is 335 g/mol. The number of amides is 2. The van der Waals surface area contributed by atoms with Crippen LogP contribution in [-0.4, -0.2) is 34.4 Å². The van der Waals surface area contributed by atoms with Gasteiger partial charge in [-0.15, -0.1) is 0 Å². The molecule has 1 aromatic rings. The Bertz CT molecular complexity index is 522. The fourth-order valence-electron chi connectivity index (χ4n) is 1.42. The molecule has 0 bridgehead atoms. The van der Waals surface area contributed by atoms with E-state index in [-0.39, 0.29) is 12.2 Å². The number of halogens is 2. The average Bonchev–Trinajstić information content (AvgIpc) is 2.30. The number of rotatable bonds is 5. The molecule has 0 aliphatic heterocycles. The maximum Gasteiger partial charge on any atom is 0.319 e. The third-order valence-electron chi connectivity index (χ3n) is 2.34. The van der Waals surface area contributed by atoms with Crippen molar-refractivity contribution in [3.05, 3.63) is 28.5 Å². The van der Waals surface area contributed by atoms with E-state index in [1.807, 2.05) is 0 Å². The summed E-state index contributed by atoms with van der Waals surface area (Å²) in [5, 5.41) is 23.0. The summed E-state index contributed by atoms with van der Waals surface area (Å²) in [5.74, 6) is -1.69. The van der Waals surface area contributed by atoms with Crippen LogP contribution in [0, 0.1) is 5.82 Å². The van der Waals surface area contributed by atoms with E-state index in [1.54, 1.807) is 0 Å².